The van der Waals surface area contributed by atoms with Gasteiger partial charge in [0.15, 0.2) is 5.82 Å². The van der Waals surface area contributed by atoms with Crippen molar-refractivity contribution in [2.45, 2.75) is 0 Å². The number of aromatic nitrogens is 3. The summed E-state index contributed by atoms with van der Waals surface area (Å²) in [4.78, 5) is 29.1. The van der Waals surface area contributed by atoms with Gasteiger partial charge in [-0.3, -0.25) is 9.69 Å². The number of aliphatic hydroxyl groups is 1. The van der Waals surface area contributed by atoms with Crippen LogP contribution in [-0.2, 0) is 0 Å². The van der Waals surface area contributed by atoms with E-state index in [1.54, 1.807) is 6.07 Å². The normalized spacial score (nSPS) is 15.5. The number of para-hydroxylation sites is 2. The molecule has 1 aromatic carbocycles. The largest absolute Gasteiger partial charge is 0.395 e. The molecule has 3 aromatic rings. The Morgan fingerprint density at radius 1 is 1.04 bits per heavy atom. The lowest BCUT2D eigenvalue weighted by Crippen LogP contribution is -2.49. The van der Waals surface area contributed by atoms with Crippen LogP contribution < -0.4 is 0 Å². The molecule has 0 saturated carbocycles. The number of H-pyrrole nitrogens is 1. The average molecular weight is 351 g/mol. The van der Waals surface area contributed by atoms with Gasteiger partial charge in [0.05, 0.1) is 17.6 Å². The second kappa shape index (κ2) is 7.23. The number of nitrogens with zero attached hydrogens (tertiary/aromatic N) is 4. The number of β-amino-alcohol motifs (C(OH)–C–C–N with tert-alkyl or cyclic N) is 1. The molecule has 4 rings (SSSR count). The molecule has 7 nitrogen and oxygen atoms in total. The number of piperazine rings is 1. The number of carbonyl (C=O) groups excluding carboxylic acids is 1. The van der Waals surface area contributed by atoms with E-state index in [1.807, 2.05) is 41.3 Å². The maximum absolute atomic E-state index is 12.8. The van der Waals surface area contributed by atoms with Crippen LogP contribution in [0.3, 0.4) is 0 Å². The molecule has 1 fully saturated rings. The number of rotatable bonds is 4. The molecule has 0 bridgehead atoms. The van der Waals surface area contributed by atoms with E-state index in [9.17, 15) is 4.79 Å². The van der Waals surface area contributed by atoms with Gasteiger partial charge in [-0.05, 0) is 24.3 Å². The molecule has 2 aromatic heterocycles. The molecule has 0 atom stereocenters. The van der Waals surface area contributed by atoms with Crippen LogP contribution >= 0.6 is 0 Å². The molecule has 7 heteroatoms. The highest BCUT2D eigenvalue weighted by Crippen LogP contribution is 2.19. The van der Waals surface area contributed by atoms with Crippen molar-refractivity contribution in [3.05, 3.63) is 48.2 Å². The first kappa shape index (κ1) is 16.7. The monoisotopic (exact) mass is 351 g/mol. The van der Waals surface area contributed by atoms with Crippen LogP contribution in [0.2, 0.25) is 0 Å². The number of benzene rings is 1. The van der Waals surface area contributed by atoms with Crippen molar-refractivity contribution in [3.63, 3.8) is 0 Å². The Morgan fingerprint density at radius 3 is 2.62 bits per heavy atom. The standard InChI is InChI=1S/C19H21N5O2/c25-13-12-23-8-10-24(11-9-23)19(26)17-7-3-6-16(20-17)18-21-14-4-1-2-5-15(14)22-18/h1-7,25H,8-13H2,(H,21,22). The highest BCUT2D eigenvalue weighted by atomic mass is 16.3. The summed E-state index contributed by atoms with van der Waals surface area (Å²) in [7, 11) is 0. The molecule has 0 radical (unpaired) electrons. The van der Waals surface area contributed by atoms with Gasteiger partial charge in [0.2, 0.25) is 0 Å². The van der Waals surface area contributed by atoms with E-state index in [0.29, 0.717) is 36.8 Å². The van der Waals surface area contributed by atoms with Gasteiger partial charge in [-0.2, -0.15) is 0 Å². The number of aliphatic hydroxyl groups excluding tert-OH is 1. The summed E-state index contributed by atoms with van der Waals surface area (Å²) in [6.45, 7) is 3.65. The van der Waals surface area contributed by atoms with E-state index in [2.05, 4.69) is 19.9 Å². The minimum Gasteiger partial charge on any atom is -0.395 e. The summed E-state index contributed by atoms with van der Waals surface area (Å²) in [6.07, 6.45) is 0. The van der Waals surface area contributed by atoms with E-state index in [1.165, 1.54) is 0 Å². The number of hydrogen-bond acceptors (Lipinski definition) is 5. The fourth-order valence-corrected chi connectivity index (χ4v) is 3.24. The number of hydrogen-bond donors (Lipinski definition) is 2. The van der Waals surface area contributed by atoms with Crippen molar-refractivity contribution in [1.29, 1.82) is 0 Å². The Balaban J connectivity index is 1.53. The number of pyridine rings is 1. The molecule has 0 spiro atoms. The van der Waals surface area contributed by atoms with Crippen LogP contribution in [0.25, 0.3) is 22.6 Å². The van der Waals surface area contributed by atoms with Gasteiger partial charge in [0, 0.05) is 32.7 Å². The second-order valence-corrected chi connectivity index (χ2v) is 6.37. The zero-order valence-corrected chi connectivity index (χ0v) is 14.4. The molecule has 0 unspecified atom stereocenters. The summed E-state index contributed by atoms with van der Waals surface area (Å²) in [5, 5.41) is 9.02. The van der Waals surface area contributed by atoms with Crippen molar-refractivity contribution >= 4 is 16.9 Å². The van der Waals surface area contributed by atoms with E-state index in [-0.39, 0.29) is 12.5 Å². The molecule has 1 amide bonds. The first-order valence-corrected chi connectivity index (χ1v) is 8.79. The molecule has 134 valence electrons. The first-order valence-electron chi connectivity index (χ1n) is 8.79. The highest BCUT2D eigenvalue weighted by molar-refractivity contribution is 5.93. The van der Waals surface area contributed by atoms with E-state index in [0.717, 1.165) is 24.1 Å². The Morgan fingerprint density at radius 2 is 1.85 bits per heavy atom. The molecule has 1 aliphatic heterocycles. The summed E-state index contributed by atoms with van der Waals surface area (Å²) >= 11 is 0. The van der Waals surface area contributed by atoms with Crippen LogP contribution in [0, 0.1) is 0 Å². The second-order valence-electron chi connectivity index (χ2n) is 6.37. The number of fused-ring (bicyclic) bond motifs is 1. The maximum Gasteiger partial charge on any atom is 0.272 e. The zero-order chi connectivity index (χ0) is 17.9. The number of aromatic amines is 1. The molecular formula is C19H21N5O2. The van der Waals surface area contributed by atoms with Crippen molar-refractivity contribution in [3.8, 4) is 11.5 Å². The summed E-state index contributed by atoms with van der Waals surface area (Å²) in [5.41, 5.74) is 2.91. The first-order chi connectivity index (χ1) is 12.7. The van der Waals surface area contributed by atoms with Gasteiger partial charge in [-0.15, -0.1) is 0 Å². The van der Waals surface area contributed by atoms with Gasteiger partial charge in [0.25, 0.3) is 5.91 Å². The van der Waals surface area contributed by atoms with E-state index >= 15 is 0 Å². The molecule has 26 heavy (non-hydrogen) atoms. The maximum atomic E-state index is 12.8. The lowest BCUT2D eigenvalue weighted by molar-refractivity contribution is 0.0609. The minimum atomic E-state index is -0.0633. The Hall–Kier alpha value is -2.77. The Bertz CT molecular complexity index is 882. The molecular weight excluding hydrogens is 330 g/mol. The smallest absolute Gasteiger partial charge is 0.272 e. The van der Waals surface area contributed by atoms with Crippen LogP contribution in [0.1, 0.15) is 10.5 Å². The third kappa shape index (κ3) is 3.31. The summed E-state index contributed by atoms with van der Waals surface area (Å²) in [5.74, 6) is 0.597. The number of amides is 1. The van der Waals surface area contributed by atoms with Gasteiger partial charge < -0.3 is 15.0 Å². The fraction of sp³-hybridized carbons (Fsp3) is 0.316. The van der Waals surface area contributed by atoms with Gasteiger partial charge in [-0.25, -0.2) is 9.97 Å². The third-order valence-electron chi connectivity index (χ3n) is 4.68. The van der Waals surface area contributed by atoms with Gasteiger partial charge >= 0.3 is 0 Å². The highest BCUT2D eigenvalue weighted by Gasteiger charge is 2.23. The number of nitrogens with one attached hydrogen (secondary N) is 1. The van der Waals surface area contributed by atoms with Crippen LogP contribution in [-0.4, -0.2) is 75.1 Å². The third-order valence-corrected chi connectivity index (χ3v) is 4.68. The number of carbonyl (C=O) groups is 1. The Kier molecular flexibility index (Phi) is 4.64. The van der Waals surface area contributed by atoms with Crippen molar-refractivity contribution in [1.82, 2.24) is 24.8 Å². The van der Waals surface area contributed by atoms with Crippen molar-refractivity contribution in [2.75, 3.05) is 39.3 Å². The molecule has 1 aliphatic rings. The fourth-order valence-electron chi connectivity index (χ4n) is 3.24. The van der Waals surface area contributed by atoms with Crippen molar-refractivity contribution in [2.24, 2.45) is 0 Å². The Labute approximate surface area is 151 Å². The molecule has 0 aliphatic carbocycles. The van der Waals surface area contributed by atoms with Gasteiger partial charge in [-0.1, -0.05) is 18.2 Å². The van der Waals surface area contributed by atoms with Crippen molar-refractivity contribution < 1.29 is 9.90 Å². The average Bonchev–Trinajstić information content (AvgIpc) is 3.13. The molecule has 1 saturated heterocycles. The zero-order valence-electron chi connectivity index (χ0n) is 14.4. The SMILES string of the molecule is O=C(c1cccc(-c2nc3ccccc3[nH]2)n1)N1CCN(CCO)CC1. The quantitative estimate of drug-likeness (QED) is 0.742. The lowest BCUT2D eigenvalue weighted by Gasteiger charge is -2.34. The summed E-state index contributed by atoms with van der Waals surface area (Å²) in [6, 6.07) is 13.2. The molecule has 3 heterocycles. The van der Waals surface area contributed by atoms with Gasteiger partial charge in [0.1, 0.15) is 11.4 Å². The van der Waals surface area contributed by atoms with Crippen LogP contribution in [0.15, 0.2) is 42.5 Å². The predicted octanol–water partition coefficient (Wildman–Crippen LogP) is 1.37. The van der Waals surface area contributed by atoms with E-state index in [4.69, 9.17) is 5.11 Å². The minimum absolute atomic E-state index is 0.0633. The summed E-state index contributed by atoms with van der Waals surface area (Å²) < 4.78 is 0. The number of imidazole rings is 1. The predicted molar refractivity (Wildman–Crippen MR) is 98.8 cm³/mol. The molecule has 2 N–H and O–H groups in total. The van der Waals surface area contributed by atoms with Crippen LogP contribution in [0.4, 0.5) is 0 Å². The van der Waals surface area contributed by atoms with Crippen LogP contribution in [0.5, 0.6) is 0 Å². The van der Waals surface area contributed by atoms with E-state index < -0.39 is 0 Å². The lowest BCUT2D eigenvalue weighted by atomic mass is 10.2. The topological polar surface area (TPSA) is 85.4 Å².